The zero-order valence-corrected chi connectivity index (χ0v) is 13.4. The summed E-state index contributed by atoms with van der Waals surface area (Å²) in [5.41, 5.74) is 0.504. The van der Waals surface area contributed by atoms with Gasteiger partial charge >= 0.3 is 5.97 Å². The second kappa shape index (κ2) is 8.37. The van der Waals surface area contributed by atoms with E-state index in [1.54, 1.807) is 0 Å². The van der Waals surface area contributed by atoms with Gasteiger partial charge in [-0.3, -0.25) is 29.5 Å². The molecule has 1 fully saturated rings. The Labute approximate surface area is 139 Å². The van der Waals surface area contributed by atoms with Gasteiger partial charge in [-0.2, -0.15) is 0 Å². The van der Waals surface area contributed by atoms with Crippen LogP contribution in [-0.2, 0) is 14.3 Å². The Morgan fingerprint density at radius 2 is 1.67 bits per heavy atom. The highest BCUT2D eigenvalue weighted by Crippen LogP contribution is 2.15. The van der Waals surface area contributed by atoms with E-state index in [1.807, 2.05) is 9.80 Å². The number of nitro benzene ring substituents is 1. The average molecular weight is 336 g/mol. The Morgan fingerprint density at radius 3 is 2.17 bits per heavy atom. The van der Waals surface area contributed by atoms with Crippen LogP contribution in [-0.4, -0.2) is 73.0 Å². The first kappa shape index (κ1) is 17.8. The number of anilines is 1. The van der Waals surface area contributed by atoms with Crippen LogP contribution in [0.1, 0.15) is 0 Å². The first-order chi connectivity index (χ1) is 11.5. The molecule has 9 nitrogen and oxygen atoms in total. The molecule has 1 aromatic carbocycles. The molecule has 0 spiro atoms. The maximum absolute atomic E-state index is 12.0. The first-order valence-corrected chi connectivity index (χ1v) is 7.54. The summed E-state index contributed by atoms with van der Waals surface area (Å²) in [6.45, 7) is 3.26. The maximum atomic E-state index is 12.0. The smallest absolute Gasteiger partial charge is 0.319 e. The molecule has 1 amide bonds. The van der Waals surface area contributed by atoms with Crippen LogP contribution in [0.15, 0.2) is 24.3 Å². The number of piperazine rings is 1. The number of hydrogen-bond acceptors (Lipinski definition) is 7. The number of esters is 1. The Balaban J connectivity index is 1.75. The molecule has 9 heteroatoms. The number of methoxy groups -OCH3 is 1. The number of non-ortho nitro benzene ring substituents is 1. The number of amides is 1. The Morgan fingerprint density at radius 1 is 1.12 bits per heavy atom. The Bertz CT molecular complexity index is 596. The standard InChI is InChI=1S/C15H20N4O5/c1-24-15(21)11-18-8-6-17(7-9-18)10-14(20)16-12-2-4-13(5-3-12)19(22)23/h2-5H,6-11H2,1H3,(H,16,20). The summed E-state index contributed by atoms with van der Waals surface area (Å²) in [6.07, 6.45) is 0. The van der Waals surface area contributed by atoms with E-state index < -0.39 is 4.92 Å². The lowest BCUT2D eigenvalue weighted by Gasteiger charge is -2.33. The number of hydrogen-bond donors (Lipinski definition) is 1. The van der Waals surface area contributed by atoms with Crippen LogP contribution < -0.4 is 5.32 Å². The summed E-state index contributed by atoms with van der Waals surface area (Å²) in [7, 11) is 1.36. The number of carbonyl (C=O) groups excluding carboxylic acids is 2. The van der Waals surface area contributed by atoms with Crippen LogP contribution in [0, 0.1) is 10.1 Å². The van der Waals surface area contributed by atoms with Crippen molar-refractivity contribution >= 4 is 23.3 Å². The van der Waals surface area contributed by atoms with E-state index >= 15 is 0 Å². The predicted octanol–water partition coefficient (Wildman–Crippen LogP) is 0.324. The number of nitrogens with zero attached hydrogens (tertiary/aromatic N) is 3. The second-order valence-corrected chi connectivity index (χ2v) is 5.48. The Hall–Kier alpha value is -2.52. The quantitative estimate of drug-likeness (QED) is 0.453. The minimum atomic E-state index is -0.487. The molecule has 0 unspecified atom stereocenters. The van der Waals surface area contributed by atoms with E-state index in [2.05, 4.69) is 10.1 Å². The van der Waals surface area contributed by atoms with Crippen molar-refractivity contribution in [3.63, 3.8) is 0 Å². The molecule has 1 aromatic rings. The van der Waals surface area contributed by atoms with Crippen LogP contribution in [0.3, 0.4) is 0 Å². The van der Waals surface area contributed by atoms with Crippen molar-refractivity contribution in [2.45, 2.75) is 0 Å². The van der Waals surface area contributed by atoms with E-state index in [9.17, 15) is 19.7 Å². The lowest BCUT2D eigenvalue weighted by molar-refractivity contribution is -0.384. The van der Waals surface area contributed by atoms with Crippen molar-refractivity contribution in [2.24, 2.45) is 0 Å². The van der Waals surface area contributed by atoms with Gasteiger partial charge in [-0.1, -0.05) is 0 Å². The van der Waals surface area contributed by atoms with Gasteiger partial charge in [-0.15, -0.1) is 0 Å². The third-order valence-electron chi connectivity index (χ3n) is 3.77. The van der Waals surface area contributed by atoms with Gasteiger partial charge < -0.3 is 10.1 Å². The zero-order valence-electron chi connectivity index (χ0n) is 13.4. The highest BCUT2D eigenvalue weighted by atomic mass is 16.6. The van der Waals surface area contributed by atoms with Gasteiger partial charge in [0.2, 0.25) is 5.91 Å². The molecule has 0 bridgehead atoms. The lowest BCUT2D eigenvalue weighted by atomic mass is 10.2. The molecule has 1 aliphatic rings. The van der Waals surface area contributed by atoms with E-state index in [-0.39, 0.29) is 30.7 Å². The first-order valence-electron chi connectivity index (χ1n) is 7.54. The summed E-state index contributed by atoms with van der Waals surface area (Å²) in [5.74, 6) is -0.440. The fourth-order valence-corrected chi connectivity index (χ4v) is 2.42. The topological polar surface area (TPSA) is 105 Å². The molecule has 0 atom stereocenters. The number of benzene rings is 1. The van der Waals surface area contributed by atoms with E-state index in [4.69, 9.17) is 0 Å². The van der Waals surface area contributed by atoms with Gasteiger partial charge in [0, 0.05) is 44.0 Å². The van der Waals surface area contributed by atoms with Gasteiger partial charge in [0.1, 0.15) is 0 Å². The number of rotatable bonds is 6. The zero-order chi connectivity index (χ0) is 17.5. The number of nitro groups is 1. The van der Waals surface area contributed by atoms with Crippen LogP contribution >= 0.6 is 0 Å². The van der Waals surface area contributed by atoms with Crippen molar-refractivity contribution in [3.8, 4) is 0 Å². The molecule has 1 aliphatic heterocycles. The van der Waals surface area contributed by atoms with E-state index in [1.165, 1.54) is 31.4 Å². The molecular weight excluding hydrogens is 316 g/mol. The van der Waals surface area contributed by atoms with Gasteiger partial charge in [-0.05, 0) is 12.1 Å². The van der Waals surface area contributed by atoms with Crippen LogP contribution in [0.2, 0.25) is 0 Å². The normalized spacial score (nSPS) is 15.7. The van der Waals surface area contributed by atoms with Crippen molar-refractivity contribution in [1.82, 2.24) is 9.80 Å². The summed E-state index contributed by atoms with van der Waals surface area (Å²) < 4.78 is 4.63. The number of ether oxygens (including phenoxy) is 1. The van der Waals surface area contributed by atoms with E-state index in [0.29, 0.717) is 31.9 Å². The van der Waals surface area contributed by atoms with Crippen molar-refractivity contribution in [2.75, 3.05) is 51.7 Å². The van der Waals surface area contributed by atoms with Gasteiger partial charge in [-0.25, -0.2) is 0 Å². The molecule has 0 aliphatic carbocycles. The number of nitrogens with one attached hydrogen (secondary N) is 1. The molecule has 130 valence electrons. The summed E-state index contributed by atoms with van der Waals surface area (Å²) >= 11 is 0. The Kier molecular flexibility index (Phi) is 6.21. The molecule has 1 N–H and O–H groups in total. The highest BCUT2D eigenvalue weighted by molar-refractivity contribution is 5.92. The molecule has 1 heterocycles. The molecule has 0 aromatic heterocycles. The highest BCUT2D eigenvalue weighted by Gasteiger charge is 2.20. The third-order valence-corrected chi connectivity index (χ3v) is 3.77. The summed E-state index contributed by atoms with van der Waals surface area (Å²) in [5, 5.41) is 13.3. The van der Waals surface area contributed by atoms with Gasteiger partial charge in [0.05, 0.1) is 25.1 Å². The van der Waals surface area contributed by atoms with Crippen LogP contribution in [0.25, 0.3) is 0 Å². The van der Waals surface area contributed by atoms with Crippen LogP contribution in [0.4, 0.5) is 11.4 Å². The van der Waals surface area contributed by atoms with Gasteiger partial charge in [0.25, 0.3) is 5.69 Å². The van der Waals surface area contributed by atoms with Crippen molar-refractivity contribution < 1.29 is 19.2 Å². The minimum Gasteiger partial charge on any atom is -0.468 e. The minimum absolute atomic E-state index is 0.0188. The largest absolute Gasteiger partial charge is 0.468 e. The molecule has 24 heavy (non-hydrogen) atoms. The fourth-order valence-electron chi connectivity index (χ4n) is 2.42. The predicted molar refractivity (Wildman–Crippen MR) is 86.6 cm³/mol. The molecule has 0 saturated carbocycles. The maximum Gasteiger partial charge on any atom is 0.319 e. The van der Waals surface area contributed by atoms with E-state index in [0.717, 1.165) is 0 Å². The summed E-state index contributed by atoms with van der Waals surface area (Å²) in [6, 6.07) is 5.71. The molecule has 1 saturated heterocycles. The van der Waals surface area contributed by atoms with Gasteiger partial charge in [0.15, 0.2) is 0 Å². The second-order valence-electron chi connectivity index (χ2n) is 5.48. The monoisotopic (exact) mass is 336 g/mol. The lowest BCUT2D eigenvalue weighted by Crippen LogP contribution is -2.49. The molecular formula is C15H20N4O5. The third kappa shape index (κ3) is 5.28. The SMILES string of the molecule is COC(=O)CN1CCN(CC(=O)Nc2ccc([N+](=O)[O-])cc2)CC1. The van der Waals surface area contributed by atoms with Crippen LogP contribution in [0.5, 0.6) is 0 Å². The summed E-state index contributed by atoms with van der Waals surface area (Å²) in [4.78, 5) is 37.3. The average Bonchev–Trinajstić information content (AvgIpc) is 2.57. The number of carbonyl (C=O) groups is 2. The molecule has 0 radical (unpaired) electrons. The van der Waals surface area contributed by atoms with Crippen molar-refractivity contribution in [1.29, 1.82) is 0 Å². The fraction of sp³-hybridized carbons (Fsp3) is 0.467. The van der Waals surface area contributed by atoms with Crippen molar-refractivity contribution in [3.05, 3.63) is 34.4 Å². The molecule has 2 rings (SSSR count).